The maximum Gasteiger partial charge on any atom is 0.351 e. The Morgan fingerprint density at radius 3 is 2.04 bits per heavy atom. The Balaban J connectivity index is 0.000000220. The van der Waals surface area contributed by atoms with Crippen LogP contribution in [-0.4, -0.2) is 113 Å². The van der Waals surface area contributed by atoms with Gasteiger partial charge < -0.3 is 50.3 Å². The van der Waals surface area contributed by atoms with Gasteiger partial charge in [0.1, 0.15) is 42.2 Å². The third-order valence-corrected chi connectivity index (χ3v) is 7.91. The molecule has 4 heterocycles. The number of nitrogens with zero attached hydrogens (tertiary/aromatic N) is 4. The van der Waals surface area contributed by atoms with Gasteiger partial charge in [-0.1, -0.05) is 25.1 Å². The molecule has 0 spiro atoms. The highest BCUT2D eigenvalue weighted by atomic mass is 16.6. The van der Waals surface area contributed by atoms with Crippen molar-refractivity contribution in [2.24, 2.45) is 0 Å². The lowest BCUT2D eigenvalue weighted by molar-refractivity contribution is -0.0541. The monoisotopic (exact) mass is 673 g/mol. The number of nitrogens with one attached hydrogen (secondary N) is 2. The van der Waals surface area contributed by atoms with Crippen molar-refractivity contribution < 1.29 is 38.7 Å². The number of hydrogen-bond donors (Lipinski definition) is 5. The molecule has 48 heavy (non-hydrogen) atoms. The van der Waals surface area contributed by atoms with Gasteiger partial charge in [-0.2, -0.15) is 9.97 Å². The molecule has 0 radical (unpaired) electrons. The van der Waals surface area contributed by atoms with E-state index in [0.717, 1.165) is 0 Å². The minimum atomic E-state index is -0.866. The van der Waals surface area contributed by atoms with E-state index in [1.165, 1.54) is 47.9 Å². The number of rotatable bonds is 12. The molecule has 8 atom stereocenters. The number of amides is 1. The standard InChI is InChI=1S/C18H21N3O5.C13H22N4O5/c1-3-12-14(22)15(25-2)17(26-12)21-10-9-13(20-18(21)24)19-16(23)11-7-5-4-6-8-11;1-20-6-4-15-7-8-10(18)11(21-2)12(22-8)17-5-3-9(14)16-13(17)19/h4-10,12,14-15,17,22H,3H2,1-2H3,(H,19,20,23,24);3,5,8,10-12,15,18H,4,6-7H2,1-2H3,(H2,14,16,19)/t12-,14-,15-,17-;8-,10-,11-,12-/m11/s1. The van der Waals surface area contributed by atoms with Crippen molar-refractivity contribution in [2.75, 3.05) is 52.1 Å². The van der Waals surface area contributed by atoms with Crippen LogP contribution in [0.15, 0.2) is 64.4 Å². The summed E-state index contributed by atoms with van der Waals surface area (Å²) in [5.41, 5.74) is 4.78. The van der Waals surface area contributed by atoms with E-state index >= 15 is 0 Å². The number of carbonyl (C=O) groups excluding carboxylic acids is 1. The maximum absolute atomic E-state index is 12.4. The summed E-state index contributed by atoms with van der Waals surface area (Å²) < 4.78 is 29.6. The van der Waals surface area contributed by atoms with Crippen molar-refractivity contribution in [2.45, 2.75) is 62.4 Å². The van der Waals surface area contributed by atoms with E-state index in [9.17, 15) is 24.6 Å². The summed E-state index contributed by atoms with van der Waals surface area (Å²) in [6.45, 7) is 3.49. The summed E-state index contributed by atoms with van der Waals surface area (Å²) in [6.07, 6.45) is -1.97. The van der Waals surface area contributed by atoms with Gasteiger partial charge in [0.05, 0.1) is 12.7 Å². The van der Waals surface area contributed by atoms with Gasteiger partial charge in [0.25, 0.3) is 5.91 Å². The van der Waals surface area contributed by atoms with Crippen molar-refractivity contribution in [1.82, 2.24) is 24.4 Å². The molecule has 2 fully saturated rings. The minimum absolute atomic E-state index is 0.131. The summed E-state index contributed by atoms with van der Waals surface area (Å²) in [5.74, 6) is -0.0881. The zero-order valence-corrected chi connectivity index (χ0v) is 27.2. The van der Waals surface area contributed by atoms with Crippen LogP contribution in [0.1, 0.15) is 36.2 Å². The zero-order valence-electron chi connectivity index (χ0n) is 27.2. The maximum atomic E-state index is 12.4. The molecular formula is C31H43N7O10. The molecule has 0 aliphatic carbocycles. The number of methoxy groups -OCH3 is 3. The van der Waals surface area contributed by atoms with Gasteiger partial charge in [0, 0.05) is 52.4 Å². The van der Waals surface area contributed by atoms with Gasteiger partial charge in [-0.05, 0) is 30.7 Å². The molecule has 3 aromatic rings. The van der Waals surface area contributed by atoms with Crippen LogP contribution in [0.5, 0.6) is 0 Å². The first-order chi connectivity index (χ1) is 23.1. The normalized spacial score (nSPS) is 26.5. The molecule has 2 saturated heterocycles. The number of benzene rings is 1. The molecule has 5 rings (SSSR count). The highest BCUT2D eigenvalue weighted by Crippen LogP contribution is 2.32. The molecular weight excluding hydrogens is 630 g/mol. The Morgan fingerprint density at radius 2 is 1.48 bits per heavy atom. The molecule has 0 saturated carbocycles. The smallest absolute Gasteiger partial charge is 0.351 e. The Bertz CT molecular complexity index is 1590. The second-order valence-electron chi connectivity index (χ2n) is 11.0. The Labute approximate surface area is 276 Å². The van der Waals surface area contributed by atoms with Gasteiger partial charge in [0.2, 0.25) is 0 Å². The SMILES string of the molecule is CC[C@H]1O[C@@H](n2ccc(NC(=O)c3ccccc3)nc2=O)[C@H](OC)[C@@H]1O.COCCNC[C@H]1O[C@@H](n2ccc(N)nc2=O)[C@H](OC)[C@@H]1O. The number of nitrogen functional groups attached to an aromatic ring is 1. The Kier molecular flexibility index (Phi) is 13.3. The third kappa shape index (κ3) is 8.69. The summed E-state index contributed by atoms with van der Waals surface area (Å²) in [4.78, 5) is 44.0. The summed E-state index contributed by atoms with van der Waals surface area (Å²) in [6, 6.07) is 11.6. The van der Waals surface area contributed by atoms with E-state index in [1.54, 1.807) is 31.4 Å². The van der Waals surface area contributed by atoms with Gasteiger partial charge in [0.15, 0.2) is 12.5 Å². The number of ether oxygens (including phenoxy) is 5. The molecule has 17 heteroatoms. The topological polar surface area (TPSA) is 224 Å². The first-order valence-electron chi connectivity index (χ1n) is 15.4. The molecule has 17 nitrogen and oxygen atoms in total. The van der Waals surface area contributed by atoms with Crippen LogP contribution in [0, 0.1) is 0 Å². The number of nitrogens with two attached hydrogens (primary N) is 1. The third-order valence-electron chi connectivity index (χ3n) is 7.91. The number of aliphatic hydroxyl groups is 2. The molecule has 1 aromatic carbocycles. The lowest BCUT2D eigenvalue weighted by Gasteiger charge is -2.20. The molecule has 0 bridgehead atoms. The fourth-order valence-corrected chi connectivity index (χ4v) is 5.39. The number of carbonyl (C=O) groups is 1. The van der Waals surface area contributed by atoms with Crippen LogP contribution in [0.25, 0.3) is 0 Å². The van der Waals surface area contributed by atoms with Gasteiger partial charge in [-0.15, -0.1) is 0 Å². The van der Waals surface area contributed by atoms with Gasteiger partial charge >= 0.3 is 11.4 Å². The first-order valence-corrected chi connectivity index (χ1v) is 15.4. The molecule has 6 N–H and O–H groups in total. The predicted molar refractivity (Wildman–Crippen MR) is 172 cm³/mol. The van der Waals surface area contributed by atoms with Crippen molar-refractivity contribution in [3.63, 3.8) is 0 Å². The second kappa shape index (κ2) is 17.4. The number of hydrogen-bond acceptors (Lipinski definition) is 14. The van der Waals surface area contributed by atoms with Crippen molar-refractivity contribution in [3.8, 4) is 0 Å². The van der Waals surface area contributed by atoms with Crippen LogP contribution < -0.4 is 27.7 Å². The van der Waals surface area contributed by atoms with Crippen LogP contribution in [-0.2, 0) is 23.7 Å². The lowest BCUT2D eigenvalue weighted by atomic mass is 10.1. The number of aliphatic hydroxyl groups excluding tert-OH is 2. The quantitative estimate of drug-likeness (QED) is 0.153. The van der Waals surface area contributed by atoms with Crippen molar-refractivity contribution in [1.29, 1.82) is 0 Å². The fourth-order valence-electron chi connectivity index (χ4n) is 5.39. The summed E-state index contributed by atoms with van der Waals surface area (Å²) in [7, 11) is 4.52. The van der Waals surface area contributed by atoms with E-state index < -0.39 is 60.5 Å². The van der Waals surface area contributed by atoms with Gasteiger partial charge in [-0.25, -0.2) is 9.59 Å². The van der Waals surface area contributed by atoms with E-state index in [2.05, 4.69) is 20.6 Å². The molecule has 262 valence electrons. The molecule has 2 aromatic heterocycles. The van der Waals surface area contributed by atoms with Crippen LogP contribution in [0.3, 0.4) is 0 Å². The Morgan fingerprint density at radius 1 is 0.896 bits per heavy atom. The highest BCUT2D eigenvalue weighted by Gasteiger charge is 2.46. The van der Waals surface area contributed by atoms with Crippen LogP contribution >= 0.6 is 0 Å². The first kappa shape index (κ1) is 36.8. The van der Waals surface area contributed by atoms with Gasteiger partial charge in [-0.3, -0.25) is 13.9 Å². The van der Waals surface area contributed by atoms with Crippen LogP contribution in [0.2, 0.25) is 0 Å². The highest BCUT2D eigenvalue weighted by molar-refractivity contribution is 6.03. The average Bonchev–Trinajstić information content (AvgIpc) is 3.58. The van der Waals surface area contributed by atoms with E-state index in [1.807, 2.05) is 13.0 Å². The zero-order chi connectivity index (χ0) is 34.8. The number of aromatic nitrogens is 4. The predicted octanol–water partition coefficient (Wildman–Crippen LogP) is -0.486. The Hall–Kier alpha value is -4.07. The molecule has 0 unspecified atom stereocenters. The largest absolute Gasteiger partial charge is 0.388 e. The van der Waals surface area contributed by atoms with Crippen molar-refractivity contribution in [3.05, 3.63) is 81.4 Å². The van der Waals surface area contributed by atoms with E-state index in [4.69, 9.17) is 29.4 Å². The van der Waals surface area contributed by atoms with E-state index in [-0.39, 0.29) is 17.5 Å². The molecule has 1 amide bonds. The second-order valence-corrected chi connectivity index (χ2v) is 11.0. The minimum Gasteiger partial charge on any atom is -0.388 e. The average molecular weight is 674 g/mol. The fraction of sp³-hybridized carbons (Fsp3) is 0.516. The lowest BCUT2D eigenvalue weighted by Crippen LogP contribution is -2.39. The summed E-state index contributed by atoms with van der Waals surface area (Å²) >= 11 is 0. The summed E-state index contributed by atoms with van der Waals surface area (Å²) in [5, 5.41) is 26.2. The molecule has 2 aliphatic heterocycles. The van der Waals surface area contributed by atoms with Crippen LogP contribution in [0.4, 0.5) is 11.6 Å². The van der Waals surface area contributed by atoms with Crippen molar-refractivity contribution >= 4 is 17.5 Å². The number of anilines is 2. The van der Waals surface area contributed by atoms with E-state index in [0.29, 0.717) is 31.7 Å². The molecule has 2 aliphatic rings.